The molecule has 0 amide bonds. The quantitative estimate of drug-likeness (QED) is 0.208. The fourth-order valence-corrected chi connectivity index (χ4v) is 10.7. The average molecular weight is 562 g/mol. The van der Waals surface area contributed by atoms with Crippen molar-refractivity contribution >= 4 is 42.3 Å². The Hall–Kier alpha value is -2.71. The molecule has 214 valence electrons. The van der Waals surface area contributed by atoms with Gasteiger partial charge in [-0.2, -0.15) is 0 Å². The largest absolute Gasteiger partial charge is 0.255 e. The van der Waals surface area contributed by atoms with E-state index in [1.165, 1.54) is 60.5 Å². The number of benzene rings is 3. The lowest BCUT2D eigenvalue weighted by atomic mass is 9.49. The lowest BCUT2D eigenvalue weighted by Gasteiger charge is -2.56. The van der Waals surface area contributed by atoms with Crippen molar-refractivity contribution in [3.8, 4) is 11.3 Å². The molecule has 3 aromatic carbocycles. The second kappa shape index (κ2) is 9.66. The number of pyridine rings is 1. The molecule has 1 aliphatic carbocycles. The zero-order valence-electron chi connectivity index (χ0n) is 26.6. The van der Waals surface area contributed by atoms with Crippen LogP contribution in [0.3, 0.4) is 0 Å². The van der Waals surface area contributed by atoms with Crippen LogP contribution in [0.15, 0.2) is 66.9 Å². The maximum Gasteiger partial charge on any atom is 0.0880 e. The third-order valence-corrected chi connectivity index (χ3v) is 11.8. The topological polar surface area (TPSA) is 12.9 Å². The minimum absolute atomic E-state index is 0.128. The summed E-state index contributed by atoms with van der Waals surface area (Å²) in [6, 6.07) is 23.1. The Morgan fingerprint density at radius 2 is 1.41 bits per heavy atom. The molecule has 41 heavy (non-hydrogen) atoms. The van der Waals surface area contributed by atoms with Crippen molar-refractivity contribution in [2.45, 2.75) is 99.3 Å². The molecule has 1 saturated carbocycles. The minimum Gasteiger partial charge on any atom is -0.255 e. The van der Waals surface area contributed by atoms with E-state index < -0.39 is 0 Å². The van der Waals surface area contributed by atoms with Crippen LogP contribution in [-0.2, 0) is 5.41 Å². The van der Waals surface area contributed by atoms with E-state index in [0.29, 0.717) is 11.3 Å². The monoisotopic (exact) mass is 561 g/mol. The summed E-state index contributed by atoms with van der Waals surface area (Å²) in [6.45, 7) is 22.0. The molecule has 0 unspecified atom stereocenters. The predicted octanol–water partition coefficient (Wildman–Crippen LogP) is 12.3. The Bertz CT molecular complexity index is 1740. The van der Waals surface area contributed by atoms with Gasteiger partial charge in [0.1, 0.15) is 0 Å². The summed E-state index contributed by atoms with van der Waals surface area (Å²) < 4.78 is 2.77. The summed E-state index contributed by atoms with van der Waals surface area (Å²) >= 11 is 1.97. The fraction of sp³-hybridized carbons (Fsp3) is 0.462. The molecule has 0 aliphatic heterocycles. The van der Waals surface area contributed by atoms with Gasteiger partial charge < -0.3 is 0 Å². The first kappa shape index (κ1) is 28.4. The van der Waals surface area contributed by atoms with Crippen LogP contribution in [0.4, 0.5) is 0 Å². The van der Waals surface area contributed by atoms with Gasteiger partial charge in [-0.15, -0.1) is 11.3 Å². The Balaban J connectivity index is 1.60. The van der Waals surface area contributed by atoms with Gasteiger partial charge in [-0.1, -0.05) is 105 Å². The molecule has 1 fully saturated rings. The number of thiophene rings is 1. The Morgan fingerprint density at radius 3 is 2.10 bits per heavy atom. The molecule has 0 atom stereocenters. The highest BCUT2D eigenvalue weighted by Crippen LogP contribution is 2.63. The molecular formula is C39H47NS. The smallest absolute Gasteiger partial charge is 0.0880 e. The van der Waals surface area contributed by atoms with Gasteiger partial charge in [-0.3, -0.25) is 4.98 Å². The molecule has 2 aromatic heterocycles. The molecule has 0 spiro atoms. The molecule has 0 N–H and O–H groups in total. The maximum absolute atomic E-state index is 5.08. The lowest BCUT2D eigenvalue weighted by Crippen LogP contribution is -2.45. The molecule has 0 bridgehead atoms. The van der Waals surface area contributed by atoms with E-state index >= 15 is 0 Å². The third-order valence-electron chi connectivity index (χ3n) is 10.5. The minimum atomic E-state index is 0.128. The van der Waals surface area contributed by atoms with Crippen molar-refractivity contribution in [3.05, 3.63) is 78.0 Å². The van der Waals surface area contributed by atoms with Crippen molar-refractivity contribution in [2.75, 3.05) is 0 Å². The van der Waals surface area contributed by atoms with E-state index in [2.05, 4.69) is 123 Å². The maximum atomic E-state index is 5.08. The van der Waals surface area contributed by atoms with Gasteiger partial charge in [0.15, 0.2) is 0 Å². The van der Waals surface area contributed by atoms with Crippen LogP contribution < -0.4 is 0 Å². The molecule has 0 radical (unpaired) electrons. The SMILES string of the molecule is CCC(C)(CC)c1cc(-c2nccc3c2sc2c(C4C(C)(C)CC(C)(C)CC4(C)C)cccc23)cc2ccccc12. The van der Waals surface area contributed by atoms with Crippen LogP contribution >= 0.6 is 11.3 Å². The third kappa shape index (κ3) is 4.62. The second-order valence-electron chi connectivity index (χ2n) is 15.3. The summed E-state index contributed by atoms with van der Waals surface area (Å²) in [5.41, 5.74) is 6.26. The zero-order chi connectivity index (χ0) is 29.4. The summed E-state index contributed by atoms with van der Waals surface area (Å²) in [4.78, 5) is 5.08. The van der Waals surface area contributed by atoms with E-state index in [4.69, 9.17) is 4.98 Å². The number of hydrogen-bond acceptors (Lipinski definition) is 2. The average Bonchev–Trinajstić information content (AvgIpc) is 3.29. The Morgan fingerprint density at radius 1 is 0.780 bits per heavy atom. The lowest BCUT2D eigenvalue weighted by molar-refractivity contribution is -0.00885. The highest BCUT2D eigenvalue weighted by molar-refractivity contribution is 7.26. The Kier molecular flexibility index (Phi) is 6.70. The standard InChI is InChI=1S/C39H47NS/c1-10-39(9,11-2)31-22-26(21-25-15-12-13-16-27(25)31)32-34-29(19-20-40-32)28-17-14-18-30(33(28)41-34)35-37(5,6)23-36(3,4)24-38(35,7)8/h12-22,35H,10-11,23-24H2,1-9H3. The zero-order valence-corrected chi connectivity index (χ0v) is 27.4. The van der Waals surface area contributed by atoms with Gasteiger partial charge in [0.05, 0.1) is 10.4 Å². The van der Waals surface area contributed by atoms with Crippen LogP contribution in [0.25, 0.3) is 42.2 Å². The molecule has 1 aliphatic rings. The van der Waals surface area contributed by atoms with E-state index in [1.807, 2.05) is 17.5 Å². The van der Waals surface area contributed by atoms with Gasteiger partial charge >= 0.3 is 0 Å². The first-order valence-corrected chi connectivity index (χ1v) is 16.5. The van der Waals surface area contributed by atoms with Gasteiger partial charge in [0, 0.05) is 27.2 Å². The molecular weight excluding hydrogens is 515 g/mol. The molecule has 5 aromatic rings. The first-order chi connectivity index (χ1) is 19.3. The second-order valence-corrected chi connectivity index (χ2v) is 16.3. The van der Waals surface area contributed by atoms with Gasteiger partial charge in [0.25, 0.3) is 0 Å². The fourth-order valence-electron chi connectivity index (χ4n) is 9.39. The van der Waals surface area contributed by atoms with Crippen molar-refractivity contribution in [2.24, 2.45) is 16.2 Å². The van der Waals surface area contributed by atoms with Crippen LogP contribution in [-0.4, -0.2) is 4.98 Å². The number of rotatable bonds is 5. The molecule has 2 heteroatoms. The first-order valence-electron chi connectivity index (χ1n) is 15.6. The van der Waals surface area contributed by atoms with Crippen molar-refractivity contribution in [1.29, 1.82) is 0 Å². The summed E-state index contributed by atoms with van der Waals surface area (Å²) in [7, 11) is 0. The van der Waals surface area contributed by atoms with E-state index in [0.717, 1.165) is 18.5 Å². The van der Waals surface area contributed by atoms with Crippen LogP contribution in [0.1, 0.15) is 105 Å². The van der Waals surface area contributed by atoms with Crippen molar-refractivity contribution in [3.63, 3.8) is 0 Å². The van der Waals surface area contributed by atoms with E-state index in [1.54, 1.807) is 0 Å². The van der Waals surface area contributed by atoms with Crippen LogP contribution in [0, 0.1) is 16.2 Å². The Labute approximate surface area is 251 Å². The van der Waals surface area contributed by atoms with Crippen LogP contribution in [0.5, 0.6) is 0 Å². The van der Waals surface area contributed by atoms with Gasteiger partial charge in [-0.25, -0.2) is 0 Å². The number of nitrogens with zero attached hydrogens (tertiary/aromatic N) is 1. The molecule has 0 saturated heterocycles. The van der Waals surface area contributed by atoms with Crippen LogP contribution in [0.2, 0.25) is 0 Å². The van der Waals surface area contributed by atoms with Crippen molar-refractivity contribution < 1.29 is 0 Å². The summed E-state index contributed by atoms with van der Waals surface area (Å²) in [5, 5.41) is 5.41. The van der Waals surface area contributed by atoms with E-state index in [9.17, 15) is 0 Å². The number of hydrogen-bond donors (Lipinski definition) is 0. The predicted molar refractivity (Wildman–Crippen MR) is 181 cm³/mol. The van der Waals surface area contributed by atoms with Gasteiger partial charge in [-0.05, 0) is 93.4 Å². The van der Waals surface area contributed by atoms with Crippen molar-refractivity contribution in [1.82, 2.24) is 4.98 Å². The normalized spacial score (nSPS) is 18.9. The molecule has 6 rings (SSSR count). The van der Waals surface area contributed by atoms with E-state index in [-0.39, 0.29) is 16.2 Å². The number of aromatic nitrogens is 1. The molecule has 2 heterocycles. The van der Waals surface area contributed by atoms with Gasteiger partial charge in [0.2, 0.25) is 0 Å². The number of fused-ring (bicyclic) bond motifs is 4. The summed E-state index contributed by atoms with van der Waals surface area (Å²) in [5.74, 6) is 0.498. The highest BCUT2D eigenvalue weighted by Gasteiger charge is 2.51. The molecule has 1 nitrogen and oxygen atoms in total. The summed E-state index contributed by atoms with van der Waals surface area (Å²) in [6.07, 6.45) is 6.75. The highest BCUT2D eigenvalue weighted by atomic mass is 32.1.